The van der Waals surface area contributed by atoms with E-state index in [0.29, 0.717) is 0 Å². The molecule has 122 valence electrons. The van der Waals surface area contributed by atoms with Crippen molar-refractivity contribution >= 4 is 5.78 Å². The van der Waals surface area contributed by atoms with Crippen LogP contribution in [0.1, 0.15) is 51.4 Å². The molecule has 0 radical (unpaired) electrons. The summed E-state index contributed by atoms with van der Waals surface area (Å²) >= 11 is 0. The maximum Gasteiger partial charge on any atom is 0.313 e. The first-order valence-electron chi connectivity index (χ1n) is 7.28. The van der Waals surface area contributed by atoms with Gasteiger partial charge >= 0.3 is 11.8 Å². The third kappa shape index (κ3) is 3.23. The number of hydrogen-bond donors (Lipinski definition) is 2. The Morgan fingerprint density at radius 1 is 0.857 bits per heavy atom. The SMILES string of the molecule is O=C1CCC(C(F)(F)C(F)(F)C2CCC(O)(O)CC2)CC1. The monoisotopic (exact) mass is 312 g/mol. The first-order valence-corrected chi connectivity index (χ1v) is 7.28. The summed E-state index contributed by atoms with van der Waals surface area (Å²) in [6, 6.07) is 0. The molecular formula is C14H20F4O3. The Bertz CT molecular complexity index is 389. The maximum atomic E-state index is 14.2. The van der Waals surface area contributed by atoms with Gasteiger partial charge in [-0.15, -0.1) is 0 Å². The standard InChI is InChI=1S/C14H20F4O3/c15-13(16,9-1-3-11(19)4-2-9)14(17,18)10-5-7-12(20,21)8-6-10/h9-10,20-21H,1-8H2. The normalized spacial score (nSPS) is 26.1. The summed E-state index contributed by atoms with van der Waals surface area (Å²) in [5.74, 6) is -13.6. The van der Waals surface area contributed by atoms with Gasteiger partial charge in [-0.05, 0) is 25.7 Å². The fraction of sp³-hybridized carbons (Fsp3) is 0.929. The summed E-state index contributed by atoms with van der Waals surface area (Å²) < 4.78 is 56.9. The molecule has 0 saturated heterocycles. The maximum absolute atomic E-state index is 14.2. The van der Waals surface area contributed by atoms with Crippen LogP contribution < -0.4 is 0 Å². The van der Waals surface area contributed by atoms with E-state index in [2.05, 4.69) is 0 Å². The second-order valence-corrected chi connectivity index (χ2v) is 6.32. The van der Waals surface area contributed by atoms with E-state index in [1.165, 1.54) is 0 Å². The fourth-order valence-corrected chi connectivity index (χ4v) is 3.29. The van der Waals surface area contributed by atoms with E-state index in [4.69, 9.17) is 0 Å². The minimum atomic E-state index is -4.19. The Kier molecular flexibility index (Phi) is 4.37. The molecule has 0 aromatic carbocycles. The Morgan fingerprint density at radius 2 is 1.24 bits per heavy atom. The molecule has 2 N–H and O–H groups in total. The van der Waals surface area contributed by atoms with Crippen LogP contribution in [0.4, 0.5) is 17.6 Å². The number of hydrogen-bond acceptors (Lipinski definition) is 3. The van der Waals surface area contributed by atoms with Gasteiger partial charge in [0.05, 0.1) is 0 Å². The van der Waals surface area contributed by atoms with Crippen molar-refractivity contribution in [3.63, 3.8) is 0 Å². The Balaban J connectivity index is 2.08. The summed E-state index contributed by atoms with van der Waals surface area (Å²) in [5.41, 5.74) is 0. The van der Waals surface area contributed by atoms with Gasteiger partial charge < -0.3 is 10.2 Å². The second-order valence-electron chi connectivity index (χ2n) is 6.32. The van der Waals surface area contributed by atoms with E-state index in [0.717, 1.165) is 0 Å². The molecule has 2 fully saturated rings. The predicted molar refractivity (Wildman–Crippen MR) is 66.0 cm³/mol. The van der Waals surface area contributed by atoms with E-state index in [-0.39, 0.29) is 57.1 Å². The van der Waals surface area contributed by atoms with Gasteiger partial charge in [0.2, 0.25) is 0 Å². The van der Waals surface area contributed by atoms with Gasteiger partial charge in [-0.3, -0.25) is 4.79 Å². The van der Waals surface area contributed by atoms with Gasteiger partial charge in [0.25, 0.3) is 0 Å². The highest BCUT2D eigenvalue weighted by atomic mass is 19.3. The highest BCUT2D eigenvalue weighted by molar-refractivity contribution is 5.79. The van der Waals surface area contributed by atoms with Crippen molar-refractivity contribution in [2.75, 3.05) is 0 Å². The molecule has 0 unspecified atom stereocenters. The molecule has 0 spiro atoms. The van der Waals surface area contributed by atoms with Crippen molar-refractivity contribution in [3.8, 4) is 0 Å². The van der Waals surface area contributed by atoms with Crippen LogP contribution >= 0.6 is 0 Å². The molecular weight excluding hydrogens is 292 g/mol. The van der Waals surface area contributed by atoms with Gasteiger partial charge in [-0.1, -0.05) is 0 Å². The number of halogens is 4. The average Bonchev–Trinajstić information content (AvgIpc) is 2.38. The molecule has 2 aliphatic carbocycles. The Labute approximate surface area is 120 Å². The number of aliphatic hydroxyl groups is 2. The fourth-order valence-electron chi connectivity index (χ4n) is 3.29. The van der Waals surface area contributed by atoms with E-state index in [9.17, 15) is 32.6 Å². The van der Waals surface area contributed by atoms with Gasteiger partial charge in [-0.25, -0.2) is 0 Å². The van der Waals surface area contributed by atoms with Crippen LogP contribution in [0.25, 0.3) is 0 Å². The van der Waals surface area contributed by atoms with Crippen LogP contribution in [0.5, 0.6) is 0 Å². The molecule has 3 nitrogen and oxygen atoms in total. The van der Waals surface area contributed by atoms with Crippen molar-refractivity contribution in [2.24, 2.45) is 11.8 Å². The average molecular weight is 312 g/mol. The van der Waals surface area contributed by atoms with Crippen molar-refractivity contribution in [1.82, 2.24) is 0 Å². The lowest BCUT2D eigenvalue weighted by Gasteiger charge is -2.42. The number of Topliss-reactive ketones (excluding diaryl/α,β-unsaturated/α-hetero) is 1. The zero-order chi connectivity index (χ0) is 15.9. The van der Waals surface area contributed by atoms with Crippen LogP contribution in [0.15, 0.2) is 0 Å². The number of rotatable bonds is 3. The van der Waals surface area contributed by atoms with E-state index in [1.54, 1.807) is 0 Å². The van der Waals surface area contributed by atoms with Crippen LogP contribution in [0, 0.1) is 11.8 Å². The summed E-state index contributed by atoms with van der Waals surface area (Å²) in [4.78, 5) is 11.1. The summed E-state index contributed by atoms with van der Waals surface area (Å²) in [6.45, 7) is 0. The number of alkyl halides is 4. The highest BCUT2D eigenvalue weighted by Crippen LogP contribution is 2.52. The molecule has 0 heterocycles. The van der Waals surface area contributed by atoms with Crippen LogP contribution in [-0.2, 0) is 4.79 Å². The second kappa shape index (κ2) is 5.50. The third-order valence-corrected chi connectivity index (χ3v) is 4.80. The zero-order valence-corrected chi connectivity index (χ0v) is 11.6. The van der Waals surface area contributed by atoms with Gasteiger partial charge in [-0.2, -0.15) is 17.6 Å². The quantitative estimate of drug-likeness (QED) is 0.622. The Morgan fingerprint density at radius 3 is 1.67 bits per heavy atom. The van der Waals surface area contributed by atoms with Crippen LogP contribution in [0.2, 0.25) is 0 Å². The largest absolute Gasteiger partial charge is 0.366 e. The minimum Gasteiger partial charge on any atom is -0.366 e. The predicted octanol–water partition coefficient (Wildman–Crippen LogP) is 2.89. The highest BCUT2D eigenvalue weighted by Gasteiger charge is 2.64. The molecule has 2 rings (SSSR count). The van der Waals surface area contributed by atoms with Crippen molar-refractivity contribution in [1.29, 1.82) is 0 Å². The lowest BCUT2D eigenvalue weighted by molar-refractivity contribution is -0.280. The lowest BCUT2D eigenvalue weighted by Crippen LogP contribution is -2.53. The van der Waals surface area contributed by atoms with Gasteiger partial charge in [0.15, 0.2) is 5.79 Å². The zero-order valence-electron chi connectivity index (χ0n) is 11.6. The molecule has 21 heavy (non-hydrogen) atoms. The summed E-state index contributed by atoms with van der Waals surface area (Å²) in [5, 5.41) is 18.6. The smallest absolute Gasteiger partial charge is 0.313 e. The molecule has 2 saturated carbocycles. The number of carbonyl (C=O) groups excluding carboxylic acids is 1. The molecule has 2 aliphatic rings. The number of ketones is 1. The first-order chi connectivity index (χ1) is 9.56. The topological polar surface area (TPSA) is 57.5 Å². The lowest BCUT2D eigenvalue weighted by atomic mass is 9.74. The third-order valence-electron chi connectivity index (χ3n) is 4.80. The van der Waals surface area contributed by atoms with Crippen LogP contribution in [-0.4, -0.2) is 33.6 Å². The molecule has 0 aromatic rings. The first kappa shape index (κ1) is 16.7. The van der Waals surface area contributed by atoms with Crippen molar-refractivity contribution < 1.29 is 32.6 Å². The Hall–Kier alpha value is -0.690. The molecule has 0 atom stereocenters. The van der Waals surface area contributed by atoms with E-state index >= 15 is 0 Å². The molecule has 7 heteroatoms. The van der Waals surface area contributed by atoms with Crippen molar-refractivity contribution in [3.05, 3.63) is 0 Å². The van der Waals surface area contributed by atoms with E-state index < -0.39 is 29.5 Å². The van der Waals surface area contributed by atoms with Crippen LogP contribution in [0.3, 0.4) is 0 Å². The minimum absolute atomic E-state index is 0.0720. The summed E-state index contributed by atoms with van der Waals surface area (Å²) in [6.07, 6.45) is -1.91. The molecule has 0 amide bonds. The van der Waals surface area contributed by atoms with Gasteiger partial charge in [0.1, 0.15) is 5.78 Å². The van der Waals surface area contributed by atoms with E-state index in [1.807, 2.05) is 0 Å². The molecule has 0 aromatic heterocycles. The van der Waals surface area contributed by atoms with Gasteiger partial charge in [0, 0.05) is 37.5 Å². The summed E-state index contributed by atoms with van der Waals surface area (Å²) in [7, 11) is 0. The van der Waals surface area contributed by atoms with Crippen molar-refractivity contribution in [2.45, 2.75) is 69.0 Å². The molecule has 0 bridgehead atoms. The molecule has 0 aliphatic heterocycles. The number of carbonyl (C=O) groups is 1.